The van der Waals surface area contributed by atoms with Gasteiger partial charge in [-0.05, 0) is 44.2 Å². The lowest BCUT2D eigenvalue weighted by Crippen LogP contribution is -2.22. The molecule has 0 bridgehead atoms. The van der Waals surface area contributed by atoms with Crippen molar-refractivity contribution in [2.75, 3.05) is 5.32 Å². The van der Waals surface area contributed by atoms with Gasteiger partial charge in [0, 0.05) is 10.6 Å². The van der Waals surface area contributed by atoms with E-state index in [4.69, 9.17) is 5.14 Å². The van der Waals surface area contributed by atoms with E-state index in [0.29, 0.717) is 5.69 Å². The number of rotatable bonds is 5. The zero-order chi connectivity index (χ0) is 17.0. The molecule has 2 aromatic carbocycles. The molecule has 0 saturated heterocycles. The lowest BCUT2D eigenvalue weighted by molar-refractivity contribution is -0.115. The number of aryl methyl sites for hydroxylation is 1. The van der Waals surface area contributed by atoms with Crippen molar-refractivity contribution in [1.29, 1.82) is 0 Å². The summed E-state index contributed by atoms with van der Waals surface area (Å²) in [7, 11) is -3.79. The predicted octanol–water partition coefficient (Wildman–Crippen LogP) is 2.76. The van der Waals surface area contributed by atoms with Gasteiger partial charge in [0.2, 0.25) is 15.9 Å². The van der Waals surface area contributed by atoms with Gasteiger partial charge in [-0.2, -0.15) is 0 Å². The molecule has 23 heavy (non-hydrogen) atoms. The predicted molar refractivity (Wildman–Crippen MR) is 92.9 cm³/mol. The average Bonchev–Trinajstić information content (AvgIpc) is 2.49. The summed E-state index contributed by atoms with van der Waals surface area (Å²) in [5, 5.41) is 7.47. The first-order valence-corrected chi connectivity index (χ1v) is 9.35. The van der Waals surface area contributed by atoms with Crippen LogP contribution < -0.4 is 10.5 Å². The molecular weight excluding hydrogens is 332 g/mol. The average molecular weight is 350 g/mol. The van der Waals surface area contributed by atoms with E-state index < -0.39 is 10.0 Å². The van der Waals surface area contributed by atoms with Crippen molar-refractivity contribution in [3.05, 3.63) is 54.1 Å². The van der Waals surface area contributed by atoms with Crippen LogP contribution in [0.5, 0.6) is 0 Å². The van der Waals surface area contributed by atoms with Crippen LogP contribution in [0.3, 0.4) is 0 Å². The van der Waals surface area contributed by atoms with Gasteiger partial charge < -0.3 is 5.32 Å². The molecule has 3 N–H and O–H groups in total. The van der Waals surface area contributed by atoms with Gasteiger partial charge in [-0.1, -0.05) is 23.8 Å². The van der Waals surface area contributed by atoms with Gasteiger partial charge >= 0.3 is 0 Å². The monoisotopic (exact) mass is 350 g/mol. The number of benzene rings is 2. The van der Waals surface area contributed by atoms with Crippen LogP contribution in [0.25, 0.3) is 0 Å². The Labute approximate surface area is 140 Å². The molecule has 2 aromatic rings. The number of carbonyl (C=O) groups excluding carboxylic acids is 1. The molecule has 1 amide bonds. The quantitative estimate of drug-likeness (QED) is 0.812. The fraction of sp³-hybridized carbons (Fsp3) is 0.188. The first-order chi connectivity index (χ1) is 10.8. The van der Waals surface area contributed by atoms with E-state index in [0.717, 1.165) is 10.5 Å². The Morgan fingerprint density at radius 3 is 2.43 bits per heavy atom. The number of nitrogens with two attached hydrogens (primary N) is 1. The van der Waals surface area contributed by atoms with Crippen LogP contribution in [0, 0.1) is 6.92 Å². The summed E-state index contributed by atoms with van der Waals surface area (Å²) in [6.45, 7) is 3.80. The highest BCUT2D eigenvalue weighted by molar-refractivity contribution is 8.00. The number of carbonyl (C=O) groups is 1. The topological polar surface area (TPSA) is 89.3 Å². The number of nitrogens with one attached hydrogen (secondary N) is 1. The van der Waals surface area contributed by atoms with Crippen molar-refractivity contribution in [3.8, 4) is 0 Å². The molecule has 0 aromatic heterocycles. The second kappa shape index (κ2) is 7.16. The molecule has 5 nitrogen and oxygen atoms in total. The number of sulfonamides is 1. The van der Waals surface area contributed by atoms with Crippen LogP contribution >= 0.6 is 11.8 Å². The molecule has 0 spiro atoms. The summed E-state index contributed by atoms with van der Waals surface area (Å²) in [4.78, 5) is 13.2. The Morgan fingerprint density at radius 2 is 1.83 bits per heavy atom. The number of amides is 1. The van der Waals surface area contributed by atoms with E-state index in [1.165, 1.54) is 30.0 Å². The fourth-order valence-corrected chi connectivity index (χ4v) is 3.30. The minimum atomic E-state index is -3.79. The van der Waals surface area contributed by atoms with E-state index in [-0.39, 0.29) is 16.1 Å². The van der Waals surface area contributed by atoms with Crippen molar-refractivity contribution in [3.63, 3.8) is 0 Å². The molecule has 0 aliphatic heterocycles. The first-order valence-electron chi connectivity index (χ1n) is 6.93. The van der Waals surface area contributed by atoms with E-state index >= 15 is 0 Å². The Kier molecular flexibility index (Phi) is 5.46. The van der Waals surface area contributed by atoms with Gasteiger partial charge in [-0.3, -0.25) is 4.79 Å². The third kappa shape index (κ3) is 5.09. The van der Waals surface area contributed by atoms with E-state index in [1.807, 2.05) is 31.2 Å². The number of hydrogen-bond acceptors (Lipinski definition) is 4. The molecular formula is C16H18N2O3S2. The van der Waals surface area contributed by atoms with Gasteiger partial charge in [0.15, 0.2) is 0 Å². The summed E-state index contributed by atoms with van der Waals surface area (Å²) in [5.74, 6) is -0.206. The zero-order valence-corrected chi connectivity index (χ0v) is 14.4. The van der Waals surface area contributed by atoms with E-state index in [9.17, 15) is 13.2 Å². The van der Waals surface area contributed by atoms with Gasteiger partial charge in [-0.25, -0.2) is 13.6 Å². The second-order valence-corrected chi connectivity index (χ2v) is 8.11. The molecule has 7 heteroatoms. The summed E-state index contributed by atoms with van der Waals surface area (Å²) >= 11 is 1.43. The van der Waals surface area contributed by atoms with Crippen LogP contribution in [0.4, 0.5) is 5.69 Å². The fourth-order valence-electron chi connectivity index (χ4n) is 1.87. The van der Waals surface area contributed by atoms with Crippen LogP contribution in [-0.4, -0.2) is 19.6 Å². The summed E-state index contributed by atoms with van der Waals surface area (Å²) < 4.78 is 22.7. The Morgan fingerprint density at radius 1 is 1.17 bits per heavy atom. The Hall–Kier alpha value is -1.83. The number of primary sulfonamides is 1. The normalized spacial score (nSPS) is 12.7. The van der Waals surface area contributed by atoms with Crippen molar-refractivity contribution >= 4 is 33.4 Å². The van der Waals surface area contributed by atoms with Crippen molar-refractivity contribution in [2.24, 2.45) is 5.14 Å². The number of anilines is 1. The van der Waals surface area contributed by atoms with Gasteiger partial charge in [0.05, 0.1) is 10.1 Å². The van der Waals surface area contributed by atoms with Crippen molar-refractivity contribution < 1.29 is 13.2 Å². The van der Waals surface area contributed by atoms with E-state index in [1.54, 1.807) is 13.0 Å². The molecule has 122 valence electrons. The lowest BCUT2D eigenvalue weighted by Gasteiger charge is -2.12. The molecule has 1 atom stereocenters. The summed E-state index contributed by atoms with van der Waals surface area (Å²) in [5.41, 5.74) is 1.56. The maximum atomic E-state index is 12.2. The highest BCUT2D eigenvalue weighted by atomic mass is 32.2. The van der Waals surface area contributed by atoms with Gasteiger partial charge in [0.1, 0.15) is 0 Å². The van der Waals surface area contributed by atoms with Crippen LogP contribution in [0.2, 0.25) is 0 Å². The molecule has 0 radical (unpaired) electrons. The standard InChI is InChI=1S/C16H18N2O3S2/c1-11-6-8-14(9-7-11)22-12(2)16(19)18-13-4-3-5-15(10-13)23(17,20)21/h3-10,12H,1-2H3,(H,18,19)(H2,17,20,21). The molecule has 0 aliphatic rings. The largest absolute Gasteiger partial charge is 0.325 e. The summed E-state index contributed by atoms with van der Waals surface area (Å²) in [6, 6.07) is 13.8. The van der Waals surface area contributed by atoms with Crippen LogP contribution in [0.15, 0.2) is 58.3 Å². The summed E-state index contributed by atoms with van der Waals surface area (Å²) in [6.07, 6.45) is 0. The third-order valence-electron chi connectivity index (χ3n) is 3.13. The highest BCUT2D eigenvalue weighted by Gasteiger charge is 2.15. The highest BCUT2D eigenvalue weighted by Crippen LogP contribution is 2.24. The van der Waals surface area contributed by atoms with Gasteiger partial charge in [0.25, 0.3) is 0 Å². The minimum absolute atomic E-state index is 0.0332. The maximum Gasteiger partial charge on any atom is 0.238 e. The smallest absolute Gasteiger partial charge is 0.238 e. The molecule has 0 saturated carbocycles. The van der Waals surface area contributed by atoms with Crippen LogP contribution in [0.1, 0.15) is 12.5 Å². The van der Waals surface area contributed by atoms with Crippen LogP contribution in [-0.2, 0) is 14.8 Å². The first kappa shape index (κ1) is 17.5. The lowest BCUT2D eigenvalue weighted by atomic mass is 10.2. The molecule has 0 heterocycles. The SMILES string of the molecule is Cc1ccc(SC(C)C(=O)Nc2cccc(S(N)(=O)=O)c2)cc1. The molecule has 2 rings (SSSR count). The van der Waals surface area contributed by atoms with Crippen molar-refractivity contribution in [1.82, 2.24) is 0 Å². The molecule has 0 aliphatic carbocycles. The Balaban J connectivity index is 2.05. The third-order valence-corrected chi connectivity index (χ3v) is 5.16. The maximum absolute atomic E-state index is 12.2. The number of thioether (sulfide) groups is 1. The number of hydrogen-bond donors (Lipinski definition) is 2. The minimum Gasteiger partial charge on any atom is -0.325 e. The van der Waals surface area contributed by atoms with Gasteiger partial charge in [-0.15, -0.1) is 11.8 Å². The van der Waals surface area contributed by atoms with E-state index in [2.05, 4.69) is 5.32 Å². The Bertz CT molecular complexity index is 802. The molecule has 0 fully saturated rings. The zero-order valence-electron chi connectivity index (χ0n) is 12.8. The second-order valence-electron chi connectivity index (χ2n) is 5.14. The van der Waals surface area contributed by atoms with Crippen molar-refractivity contribution in [2.45, 2.75) is 28.9 Å². The molecule has 1 unspecified atom stereocenters.